The first-order valence-corrected chi connectivity index (χ1v) is 9.43. The van der Waals surface area contributed by atoms with Gasteiger partial charge in [-0.1, -0.05) is 11.6 Å². The Hall–Kier alpha value is -1.01. The molecule has 1 aromatic carbocycles. The molecule has 0 amide bonds. The summed E-state index contributed by atoms with van der Waals surface area (Å²) in [6, 6.07) is 4.03. The van der Waals surface area contributed by atoms with E-state index in [9.17, 15) is 0 Å². The molecule has 2 rings (SSSR count). The number of halogens is 1. The van der Waals surface area contributed by atoms with E-state index in [4.69, 9.17) is 25.8 Å². The van der Waals surface area contributed by atoms with Crippen LogP contribution in [-0.2, 0) is 11.3 Å². The predicted octanol–water partition coefficient (Wildman–Crippen LogP) is 0.506. The average Bonchev–Trinajstić information content (AvgIpc) is 2.59. The van der Waals surface area contributed by atoms with E-state index in [1.54, 1.807) is 4.90 Å². The Balaban J connectivity index is 1.78. The fourth-order valence-corrected chi connectivity index (χ4v) is 3.25. The molecule has 3 N–H and O–H groups in total. The van der Waals surface area contributed by atoms with Crippen molar-refractivity contribution in [2.24, 2.45) is 0 Å². The van der Waals surface area contributed by atoms with Gasteiger partial charge in [-0.25, -0.2) is 0 Å². The number of morpholine rings is 1. The minimum Gasteiger partial charge on any atom is -0.490 e. The Morgan fingerprint density at radius 3 is 2.62 bits per heavy atom. The van der Waals surface area contributed by atoms with Crippen molar-refractivity contribution in [1.82, 2.24) is 0 Å². The van der Waals surface area contributed by atoms with Gasteiger partial charge >= 0.3 is 0 Å². The molecule has 1 aliphatic heterocycles. The number of rotatable bonds is 10. The lowest BCUT2D eigenvalue weighted by Crippen LogP contribution is -3.14. The SMILES string of the molecule is CCOc1cc(C[NH2+]CCC[NH+]2CCOCC2)cc(Cl)c1OCC. The van der Waals surface area contributed by atoms with Gasteiger partial charge in [0.2, 0.25) is 0 Å². The minimum atomic E-state index is 0.579. The number of hydrogen-bond acceptors (Lipinski definition) is 3. The second-order valence-electron chi connectivity index (χ2n) is 6.02. The highest BCUT2D eigenvalue weighted by Crippen LogP contribution is 2.36. The average molecular weight is 359 g/mol. The summed E-state index contributed by atoms with van der Waals surface area (Å²) >= 11 is 6.36. The molecule has 1 aliphatic rings. The van der Waals surface area contributed by atoms with Gasteiger partial charge in [-0.2, -0.15) is 0 Å². The zero-order valence-electron chi connectivity index (χ0n) is 14.9. The van der Waals surface area contributed by atoms with Gasteiger partial charge in [0.15, 0.2) is 11.5 Å². The van der Waals surface area contributed by atoms with E-state index >= 15 is 0 Å². The molecule has 136 valence electrons. The molecule has 0 unspecified atom stereocenters. The lowest BCUT2D eigenvalue weighted by Gasteiger charge is -2.23. The van der Waals surface area contributed by atoms with Crippen LogP contribution < -0.4 is 19.7 Å². The molecule has 0 aromatic heterocycles. The molecule has 0 radical (unpaired) electrons. The Kier molecular flexibility index (Phi) is 8.67. The van der Waals surface area contributed by atoms with E-state index in [1.807, 2.05) is 26.0 Å². The highest BCUT2D eigenvalue weighted by atomic mass is 35.5. The molecule has 1 saturated heterocycles. The van der Waals surface area contributed by atoms with Gasteiger partial charge in [0, 0.05) is 12.0 Å². The summed E-state index contributed by atoms with van der Waals surface area (Å²) in [6.45, 7) is 12.5. The maximum atomic E-state index is 6.36. The summed E-state index contributed by atoms with van der Waals surface area (Å²) in [6.07, 6.45) is 1.22. The number of ether oxygens (including phenoxy) is 3. The van der Waals surface area contributed by atoms with Crippen molar-refractivity contribution in [2.75, 3.05) is 52.6 Å². The van der Waals surface area contributed by atoms with Crippen molar-refractivity contribution in [2.45, 2.75) is 26.8 Å². The molecule has 0 bridgehead atoms. The summed E-state index contributed by atoms with van der Waals surface area (Å²) in [5, 5.41) is 2.96. The second kappa shape index (κ2) is 10.8. The van der Waals surface area contributed by atoms with E-state index in [1.165, 1.54) is 18.5 Å². The Morgan fingerprint density at radius 1 is 1.17 bits per heavy atom. The van der Waals surface area contributed by atoms with Gasteiger partial charge in [-0.3, -0.25) is 0 Å². The van der Waals surface area contributed by atoms with Crippen LogP contribution in [0.2, 0.25) is 5.02 Å². The molecule has 0 aliphatic carbocycles. The van der Waals surface area contributed by atoms with E-state index < -0.39 is 0 Å². The van der Waals surface area contributed by atoms with Crippen molar-refractivity contribution in [3.05, 3.63) is 22.7 Å². The van der Waals surface area contributed by atoms with Crippen LogP contribution in [-0.4, -0.2) is 52.6 Å². The van der Waals surface area contributed by atoms with Crippen LogP contribution in [0.4, 0.5) is 0 Å². The van der Waals surface area contributed by atoms with Crippen LogP contribution in [0.25, 0.3) is 0 Å². The fraction of sp³-hybridized carbons (Fsp3) is 0.667. The third-order valence-electron chi connectivity index (χ3n) is 4.18. The van der Waals surface area contributed by atoms with Gasteiger partial charge < -0.3 is 24.4 Å². The highest BCUT2D eigenvalue weighted by molar-refractivity contribution is 6.32. The van der Waals surface area contributed by atoms with Gasteiger partial charge in [0.05, 0.1) is 44.5 Å². The third kappa shape index (κ3) is 6.13. The molecule has 24 heavy (non-hydrogen) atoms. The first kappa shape index (κ1) is 19.3. The van der Waals surface area contributed by atoms with Crippen molar-refractivity contribution in [3.63, 3.8) is 0 Å². The van der Waals surface area contributed by atoms with E-state index in [-0.39, 0.29) is 0 Å². The third-order valence-corrected chi connectivity index (χ3v) is 4.46. The Morgan fingerprint density at radius 2 is 1.92 bits per heavy atom. The van der Waals surface area contributed by atoms with Crippen molar-refractivity contribution in [3.8, 4) is 11.5 Å². The van der Waals surface area contributed by atoms with Crippen molar-refractivity contribution >= 4 is 11.6 Å². The number of quaternary nitrogens is 2. The first-order valence-electron chi connectivity index (χ1n) is 9.05. The monoisotopic (exact) mass is 358 g/mol. The lowest BCUT2D eigenvalue weighted by atomic mass is 10.2. The summed E-state index contributed by atoms with van der Waals surface area (Å²) in [5.41, 5.74) is 1.17. The van der Waals surface area contributed by atoms with Crippen LogP contribution in [0, 0.1) is 0 Å². The standard InChI is InChI=1S/C18H29ClN2O3/c1-3-23-17-13-15(12-16(19)18(17)24-4-2)14-20-6-5-7-21-8-10-22-11-9-21/h12-13,20H,3-11,14H2,1-2H3/p+2. The molecular weight excluding hydrogens is 328 g/mol. The largest absolute Gasteiger partial charge is 0.490 e. The summed E-state index contributed by atoms with van der Waals surface area (Å²) in [5.74, 6) is 1.40. The molecule has 1 aromatic rings. The number of nitrogens with one attached hydrogen (secondary N) is 1. The Bertz CT molecular complexity index is 493. The van der Waals surface area contributed by atoms with Gasteiger partial charge in [-0.05, 0) is 26.0 Å². The maximum absolute atomic E-state index is 6.36. The minimum absolute atomic E-state index is 0.579. The van der Waals surface area contributed by atoms with E-state index in [0.29, 0.717) is 24.0 Å². The lowest BCUT2D eigenvalue weighted by molar-refractivity contribution is -0.909. The highest BCUT2D eigenvalue weighted by Gasteiger charge is 2.14. The summed E-state index contributed by atoms with van der Waals surface area (Å²) < 4.78 is 16.7. The fourth-order valence-electron chi connectivity index (χ4n) is 2.96. The quantitative estimate of drug-likeness (QED) is 0.599. The van der Waals surface area contributed by atoms with E-state index in [2.05, 4.69) is 5.32 Å². The van der Waals surface area contributed by atoms with Gasteiger partial charge in [0.25, 0.3) is 0 Å². The Labute approximate surface area is 150 Å². The zero-order chi connectivity index (χ0) is 17.2. The normalized spacial score (nSPS) is 15.5. The zero-order valence-corrected chi connectivity index (χ0v) is 15.7. The molecular formula is C18H31ClN2O3+2. The van der Waals surface area contributed by atoms with E-state index in [0.717, 1.165) is 45.1 Å². The molecule has 1 heterocycles. The number of nitrogens with two attached hydrogens (primary N) is 1. The maximum Gasteiger partial charge on any atom is 0.179 e. The molecule has 0 saturated carbocycles. The topological polar surface area (TPSA) is 48.7 Å². The molecule has 1 fully saturated rings. The first-order chi connectivity index (χ1) is 11.7. The van der Waals surface area contributed by atoms with Crippen LogP contribution in [0.5, 0.6) is 11.5 Å². The number of benzene rings is 1. The van der Waals surface area contributed by atoms with Crippen molar-refractivity contribution < 1.29 is 24.4 Å². The van der Waals surface area contributed by atoms with Gasteiger partial charge in [0.1, 0.15) is 19.6 Å². The van der Waals surface area contributed by atoms with Crippen LogP contribution >= 0.6 is 11.6 Å². The molecule has 5 nitrogen and oxygen atoms in total. The summed E-state index contributed by atoms with van der Waals surface area (Å²) in [7, 11) is 0. The van der Waals surface area contributed by atoms with Crippen LogP contribution in [0.3, 0.4) is 0 Å². The second-order valence-corrected chi connectivity index (χ2v) is 6.43. The van der Waals surface area contributed by atoms with Gasteiger partial charge in [-0.15, -0.1) is 0 Å². The molecule has 0 atom stereocenters. The van der Waals surface area contributed by atoms with Crippen molar-refractivity contribution in [1.29, 1.82) is 0 Å². The van der Waals surface area contributed by atoms with Crippen LogP contribution in [0.15, 0.2) is 12.1 Å². The smallest absolute Gasteiger partial charge is 0.179 e. The van der Waals surface area contributed by atoms with Crippen LogP contribution in [0.1, 0.15) is 25.8 Å². The predicted molar refractivity (Wildman–Crippen MR) is 95.3 cm³/mol. The molecule has 6 heteroatoms. The summed E-state index contributed by atoms with van der Waals surface area (Å²) in [4.78, 5) is 1.66. The number of hydrogen-bond donors (Lipinski definition) is 2. The molecule has 0 spiro atoms.